The molecule has 0 saturated heterocycles. The number of hydrogen-bond acceptors (Lipinski definition) is 4. The summed E-state index contributed by atoms with van der Waals surface area (Å²) in [6, 6.07) is 6.48. The minimum atomic E-state index is -0.377. The van der Waals surface area contributed by atoms with Crippen LogP contribution in [0.25, 0.3) is 0 Å². The number of rotatable bonds is 0. The molecule has 0 spiro atoms. The van der Waals surface area contributed by atoms with Gasteiger partial charge in [-0.05, 0) is 0 Å². The predicted molar refractivity (Wildman–Crippen MR) is 78.6 cm³/mol. The van der Waals surface area contributed by atoms with Gasteiger partial charge in [0, 0.05) is 11.1 Å². The van der Waals surface area contributed by atoms with Gasteiger partial charge in [-0.2, -0.15) is 0 Å². The maximum absolute atomic E-state index is 12.5. The number of carbonyl (C=O) groups excluding carboxylic acids is 2. The van der Waals surface area contributed by atoms with E-state index in [9.17, 15) is 9.59 Å². The van der Waals surface area contributed by atoms with Gasteiger partial charge in [-0.3, -0.25) is 9.59 Å². The van der Waals surface area contributed by atoms with E-state index in [1.165, 1.54) is 0 Å². The molecule has 0 heterocycles. The number of carbonyl (C=O) groups is 2. The van der Waals surface area contributed by atoms with Gasteiger partial charge in [0.25, 0.3) is 0 Å². The normalized spacial score (nSPS) is 13.1. The number of halogens is 2. The van der Waals surface area contributed by atoms with Crippen LogP contribution in [0.1, 0.15) is 31.8 Å². The van der Waals surface area contributed by atoms with Crippen molar-refractivity contribution in [2.75, 3.05) is 11.5 Å². The minimum Gasteiger partial charge on any atom is -0.397 e. The Morgan fingerprint density at radius 1 is 0.750 bits per heavy atom. The molecule has 0 saturated carbocycles. The fourth-order valence-electron chi connectivity index (χ4n) is 2.35. The van der Waals surface area contributed by atoms with Crippen LogP contribution in [0.2, 0.25) is 10.0 Å². The molecule has 0 unspecified atom stereocenters. The molecule has 0 bridgehead atoms. The summed E-state index contributed by atoms with van der Waals surface area (Å²) in [4.78, 5) is 25.0. The molecule has 0 fully saturated rings. The molecule has 100 valence electrons. The zero-order valence-electron chi connectivity index (χ0n) is 10.0. The third-order valence-electron chi connectivity index (χ3n) is 3.32. The van der Waals surface area contributed by atoms with Gasteiger partial charge in [-0.1, -0.05) is 47.5 Å². The summed E-state index contributed by atoms with van der Waals surface area (Å²) in [5.41, 5.74) is 12.3. The van der Waals surface area contributed by atoms with Gasteiger partial charge in [-0.25, -0.2) is 0 Å². The standard InChI is InChI=1S/C14H8Cl2N2O2/c15-9-10(16)12(18)8-7(11(9)17)13(19)5-3-1-2-4-6(5)14(8)20/h1-4H,17-18H2. The molecule has 4 N–H and O–H groups in total. The molecular weight excluding hydrogens is 299 g/mol. The summed E-state index contributed by atoms with van der Waals surface area (Å²) in [5, 5.41) is -0.0214. The lowest BCUT2D eigenvalue weighted by Gasteiger charge is -2.22. The fourth-order valence-corrected chi connectivity index (χ4v) is 2.74. The van der Waals surface area contributed by atoms with E-state index in [1.54, 1.807) is 24.3 Å². The van der Waals surface area contributed by atoms with Crippen molar-refractivity contribution in [2.24, 2.45) is 0 Å². The van der Waals surface area contributed by atoms with E-state index in [4.69, 9.17) is 34.7 Å². The van der Waals surface area contributed by atoms with Gasteiger partial charge in [0.05, 0.1) is 32.5 Å². The van der Waals surface area contributed by atoms with E-state index in [0.717, 1.165) is 0 Å². The number of ketones is 2. The Bertz CT molecular complexity index is 734. The molecule has 6 heteroatoms. The van der Waals surface area contributed by atoms with Crippen molar-refractivity contribution in [3.63, 3.8) is 0 Å². The fraction of sp³-hybridized carbons (Fsp3) is 0. The van der Waals surface area contributed by atoms with Crippen LogP contribution in [0.4, 0.5) is 11.4 Å². The predicted octanol–water partition coefficient (Wildman–Crippen LogP) is 2.93. The summed E-state index contributed by atoms with van der Waals surface area (Å²) in [6.45, 7) is 0. The van der Waals surface area contributed by atoms with Crippen LogP contribution in [0, 0.1) is 0 Å². The Labute approximate surface area is 124 Å². The van der Waals surface area contributed by atoms with Crippen molar-refractivity contribution < 1.29 is 9.59 Å². The van der Waals surface area contributed by atoms with Crippen molar-refractivity contribution >= 4 is 46.1 Å². The van der Waals surface area contributed by atoms with E-state index in [2.05, 4.69) is 0 Å². The van der Waals surface area contributed by atoms with Crippen molar-refractivity contribution in [1.82, 2.24) is 0 Å². The number of fused-ring (bicyclic) bond motifs is 2. The third-order valence-corrected chi connectivity index (χ3v) is 4.21. The zero-order valence-corrected chi connectivity index (χ0v) is 11.5. The van der Waals surface area contributed by atoms with Gasteiger partial charge in [0.2, 0.25) is 0 Å². The first-order valence-corrected chi connectivity index (χ1v) is 6.45. The summed E-state index contributed by atoms with van der Waals surface area (Å²) in [7, 11) is 0. The molecule has 0 amide bonds. The van der Waals surface area contributed by atoms with Gasteiger partial charge in [0.15, 0.2) is 11.6 Å². The summed E-state index contributed by atoms with van der Waals surface area (Å²) in [5.74, 6) is -0.754. The monoisotopic (exact) mass is 306 g/mol. The highest BCUT2D eigenvalue weighted by Gasteiger charge is 2.35. The van der Waals surface area contributed by atoms with Crippen LogP contribution in [-0.4, -0.2) is 11.6 Å². The van der Waals surface area contributed by atoms with Crippen LogP contribution in [0.5, 0.6) is 0 Å². The average Bonchev–Trinajstić information content (AvgIpc) is 2.46. The molecule has 20 heavy (non-hydrogen) atoms. The van der Waals surface area contributed by atoms with Crippen LogP contribution in [0.3, 0.4) is 0 Å². The Kier molecular flexibility index (Phi) is 2.74. The topological polar surface area (TPSA) is 86.2 Å². The van der Waals surface area contributed by atoms with E-state index in [-0.39, 0.29) is 55.2 Å². The average molecular weight is 307 g/mol. The van der Waals surface area contributed by atoms with Gasteiger partial charge in [0.1, 0.15) is 0 Å². The lowest BCUT2D eigenvalue weighted by Crippen LogP contribution is -2.24. The number of nitrogens with two attached hydrogens (primary N) is 2. The van der Waals surface area contributed by atoms with Crippen molar-refractivity contribution in [1.29, 1.82) is 0 Å². The first kappa shape index (κ1) is 13.0. The highest BCUT2D eigenvalue weighted by atomic mass is 35.5. The first-order valence-electron chi connectivity index (χ1n) is 5.69. The lowest BCUT2D eigenvalue weighted by atomic mass is 9.82. The quantitative estimate of drug-likeness (QED) is 0.625. The van der Waals surface area contributed by atoms with Crippen molar-refractivity contribution in [3.05, 3.63) is 56.6 Å². The van der Waals surface area contributed by atoms with Gasteiger partial charge >= 0.3 is 0 Å². The van der Waals surface area contributed by atoms with Crippen LogP contribution in [0.15, 0.2) is 24.3 Å². The van der Waals surface area contributed by atoms with E-state index in [0.29, 0.717) is 0 Å². The molecule has 0 aromatic heterocycles. The molecule has 1 aliphatic rings. The highest BCUT2D eigenvalue weighted by molar-refractivity contribution is 6.48. The number of hydrogen-bond donors (Lipinski definition) is 2. The van der Waals surface area contributed by atoms with Crippen LogP contribution >= 0.6 is 23.2 Å². The molecule has 1 aliphatic carbocycles. The molecule has 0 radical (unpaired) electrons. The second-order valence-electron chi connectivity index (χ2n) is 4.41. The first-order chi connectivity index (χ1) is 9.45. The maximum Gasteiger partial charge on any atom is 0.196 e. The molecule has 3 rings (SSSR count). The molecule has 0 aliphatic heterocycles. The molecule has 2 aromatic carbocycles. The Morgan fingerprint density at radius 3 is 1.45 bits per heavy atom. The van der Waals surface area contributed by atoms with Gasteiger partial charge in [-0.15, -0.1) is 0 Å². The second-order valence-corrected chi connectivity index (χ2v) is 5.17. The maximum atomic E-state index is 12.5. The Hall–Kier alpha value is -2.04. The zero-order chi connectivity index (χ0) is 14.6. The molecule has 4 nitrogen and oxygen atoms in total. The Balaban J connectivity index is 2.46. The largest absolute Gasteiger partial charge is 0.397 e. The summed E-state index contributed by atoms with van der Waals surface area (Å²) >= 11 is 11.9. The summed E-state index contributed by atoms with van der Waals surface area (Å²) < 4.78 is 0. The highest BCUT2D eigenvalue weighted by Crippen LogP contribution is 2.43. The number of nitrogen functional groups attached to an aromatic ring is 2. The van der Waals surface area contributed by atoms with Crippen LogP contribution in [-0.2, 0) is 0 Å². The van der Waals surface area contributed by atoms with E-state index < -0.39 is 0 Å². The minimum absolute atomic E-state index is 0.0107. The SMILES string of the molecule is Nc1c(Cl)c(Cl)c(N)c2c1C(=O)c1ccccc1C2=O. The second kappa shape index (κ2) is 4.23. The van der Waals surface area contributed by atoms with Crippen molar-refractivity contribution in [3.8, 4) is 0 Å². The van der Waals surface area contributed by atoms with Crippen molar-refractivity contribution in [2.45, 2.75) is 0 Å². The number of benzene rings is 2. The lowest BCUT2D eigenvalue weighted by molar-refractivity contribution is 0.0980. The third kappa shape index (κ3) is 1.49. The van der Waals surface area contributed by atoms with E-state index in [1.807, 2.05) is 0 Å². The number of anilines is 2. The molecule has 0 atom stereocenters. The van der Waals surface area contributed by atoms with Gasteiger partial charge < -0.3 is 11.5 Å². The Morgan fingerprint density at radius 2 is 1.10 bits per heavy atom. The summed E-state index contributed by atoms with van der Waals surface area (Å²) in [6.07, 6.45) is 0. The van der Waals surface area contributed by atoms with Crippen LogP contribution < -0.4 is 11.5 Å². The molecular formula is C14H8Cl2N2O2. The van der Waals surface area contributed by atoms with E-state index >= 15 is 0 Å². The smallest absolute Gasteiger partial charge is 0.196 e. The molecule has 2 aromatic rings.